The number of carbonyl (C=O) groups excluding carboxylic acids is 1. The number of rotatable bonds is 4. The summed E-state index contributed by atoms with van der Waals surface area (Å²) in [6.45, 7) is 8.88. The molecule has 0 aromatic carbocycles. The molecule has 0 aliphatic carbocycles. The Bertz CT molecular complexity index is 325. The van der Waals surface area contributed by atoms with Crippen LogP contribution in [-0.4, -0.2) is 21.7 Å². The van der Waals surface area contributed by atoms with Crippen molar-refractivity contribution in [1.29, 1.82) is 0 Å². The second-order valence-electron chi connectivity index (χ2n) is 5.43. The molecule has 0 aliphatic rings. The Morgan fingerprint density at radius 3 is 2.69 bits per heavy atom. The van der Waals surface area contributed by atoms with Gasteiger partial charge in [0.25, 0.3) is 0 Å². The van der Waals surface area contributed by atoms with E-state index in [0.717, 1.165) is 0 Å². The van der Waals surface area contributed by atoms with E-state index >= 15 is 0 Å². The molecule has 1 heterocycles. The third kappa shape index (κ3) is 4.96. The molecule has 1 rings (SSSR count). The molecule has 1 N–H and O–H groups in total. The molecule has 0 bridgehead atoms. The molecular formula is C12H21N3O. The Kier molecular flexibility index (Phi) is 4.10. The van der Waals surface area contributed by atoms with Crippen LogP contribution >= 0.6 is 0 Å². The summed E-state index contributed by atoms with van der Waals surface area (Å²) in [6, 6.07) is 1.98. The van der Waals surface area contributed by atoms with Gasteiger partial charge in [-0.05, 0) is 18.4 Å². The van der Waals surface area contributed by atoms with Gasteiger partial charge in [-0.3, -0.25) is 9.48 Å². The van der Waals surface area contributed by atoms with Gasteiger partial charge in [0.1, 0.15) is 0 Å². The predicted molar refractivity (Wildman–Crippen MR) is 63.9 cm³/mol. The highest BCUT2D eigenvalue weighted by Crippen LogP contribution is 2.17. The van der Waals surface area contributed by atoms with E-state index in [2.05, 4.69) is 31.2 Å². The largest absolute Gasteiger partial charge is 0.352 e. The summed E-state index contributed by atoms with van der Waals surface area (Å²) >= 11 is 0. The minimum atomic E-state index is 0.0372. The maximum absolute atomic E-state index is 11.7. The van der Waals surface area contributed by atoms with Gasteiger partial charge in [0.15, 0.2) is 0 Å². The van der Waals surface area contributed by atoms with Gasteiger partial charge in [-0.2, -0.15) is 5.10 Å². The summed E-state index contributed by atoms with van der Waals surface area (Å²) in [6.07, 6.45) is 4.19. The molecule has 4 nitrogen and oxygen atoms in total. The molecule has 4 heteroatoms. The van der Waals surface area contributed by atoms with E-state index in [1.165, 1.54) is 0 Å². The summed E-state index contributed by atoms with van der Waals surface area (Å²) in [7, 11) is 0. The average molecular weight is 223 g/mol. The van der Waals surface area contributed by atoms with Crippen molar-refractivity contribution in [3.05, 3.63) is 18.5 Å². The Morgan fingerprint density at radius 2 is 2.19 bits per heavy atom. The lowest BCUT2D eigenvalue weighted by atomic mass is 9.92. The van der Waals surface area contributed by atoms with Crippen molar-refractivity contribution in [3.63, 3.8) is 0 Å². The molecule has 0 spiro atoms. The number of nitrogens with one attached hydrogen (secondary N) is 1. The number of hydrogen-bond donors (Lipinski definition) is 1. The lowest BCUT2D eigenvalue weighted by Crippen LogP contribution is -2.37. The highest BCUT2D eigenvalue weighted by atomic mass is 16.1. The van der Waals surface area contributed by atoms with Crippen LogP contribution in [0.4, 0.5) is 0 Å². The van der Waals surface area contributed by atoms with Gasteiger partial charge in [-0.15, -0.1) is 0 Å². The molecule has 0 aliphatic heterocycles. The summed E-state index contributed by atoms with van der Waals surface area (Å²) in [5.41, 5.74) is 0.0372. The maximum Gasteiger partial charge on any atom is 0.220 e. The first-order chi connectivity index (χ1) is 7.37. The second kappa shape index (κ2) is 5.14. The number of nitrogens with zero attached hydrogens (tertiary/aromatic N) is 2. The number of hydrogen-bond acceptors (Lipinski definition) is 2. The van der Waals surface area contributed by atoms with E-state index in [0.29, 0.717) is 13.0 Å². The quantitative estimate of drug-likeness (QED) is 0.846. The molecule has 16 heavy (non-hydrogen) atoms. The Morgan fingerprint density at radius 1 is 1.50 bits per heavy atom. The zero-order valence-corrected chi connectivity index (χ0v) is 10.5. The van der Waals surface area contributed by atoms with Crippen LogP contribution in [0.3, 0.4) is 0 Å². The Balaban J connectivity index is 2.34. The van der Waals surface area contributed by atoms with Crippen molar-refractivity contribution in [1.82, 2.24) is 15.1 Å². The summed E-state index contributed by atoms with van der Waals surface area (Å²) in [5, 5.41) is 7.08. The van der Waals surface area contributed by atoms with Crippen molar-refractivity contribution in [2.24, 2.45) is 5.41 Å². The zero-order chi connectivity index (χ0) is 12.2. The maximum atomic E-state index is 11.7. The highest BCUT2D eigenvalue weighted by Gasteiger charge is 2.17. The fourth-order valence-corrected chi connectivity index (χ4v) is 1.54. The molecule has 0 unspecified atom stereocenters. The van der Waals surface area contributed by atoms with Crippen LogP contribution in [0.15, 0.2) is 18.5 Å². The van der Waals surface area contributed by atoms with Gasteiger partial charge in [0.05, 0.1) is 6.54 Å². The van der Waals surface area contributed by atoms with Crippen molar-refractivity contribution >= 4 is 5.91 Å². The molecule has 0 saturated carbocycles. The molecule has 0 fully saturated rings. The first kappa shape index (κ1) is 12.7. The zero-order valence-electron chi connectivity index (χ0n) is 10.5. The average Bonchev–Trinajstić information content (AvgIpc) is 2.51. The van der Waals surface area contributed by atoms with Crippen LogP contribution in [0, 0.1) is 5.41 Å². The molecule has 0 radical (unpaired) electrons. The highest BCUT2D eigenvalue weighted by molar-refractivity contribution is 5.76. The van der Waals surface area contributed by atoms with E-state index in [1.54, 1.807) is 6.20 Å². The fraction of sp³-hybridized carbons (Fsp3) is 0.667. The third-order valence-corrected chi connectivity index (χ3v) is 2.12. The minimum absolute atomic E-state index is 0.0372. The van der Waals surface area contributed by atoms with Gasteiger partial charge >= 0.3 is 0 Å². The van der Waals surface area contributed by atoms with Crippen LogP contribution in [0.25, 0.3) is 0 Å². The molecule has 1 atom stereocenters. The van der Waals surface area contributed by atoms with Crippen LogP contribution in [-0.2, 0) is 11.3 Å². The summed E-state index contributed by atoms with van der Waals surface area (Å²) in [5.74, 6) is 0.104. The first-order valence-corrected chi connectivity index (χ1v) is 5.63. The first-order valence-electron chi connectivity index (χ1n) is 5.63. The van der Waals surface area contributed by atoms with E-state index in [-0.39, 0.29) is 17.4 Å². The van der Waals surface area contributed by atoms with Gasteiger partial charge in [-0.25, -0.2) is 0 Å². The van der Waals surface area contributed by atoms with Gasteiger partial charge in [0.2, 0.25) is 5.91 Å². The van der Waals surface area contributed by atoms with Gasteiger partial charge in [-0.1, -0.05) is 20.8 Å². The van der Waals surface area contributed by atoms with E-state index in [4.69, 9.17) is 0 Å². The molecule has 1 aromatic rings. The van der Waals surface area contributed by atoms with Crippen LogP contribution in [0.2, 0.25) is 0 Å². The van der Waals surface area contributed by atoms with Gasteiger partial charge in [0, 0.05) is 24.9 Å². The second-order valence-corrected chi connectivity index (χ2v) is 5.43. The normalized spacial score (nSPS) is 13.5. The van der Waals surface area contributed by atoms with E-state index < -0.39 is 0 Å². The van der Waals surface area contributed by atoms with Crippen molar-refractivity contribution in [3.8, 4) is 0 Å². The summed E-state index contributed by atoms with van der Waals surface area (Å²) in [4.78, 5) is 11.7. The number of amides is 1. The smallest absolute Gasteiger partial charge is 0.220 e. The lowest BCUT2D eigenvalue weighted by molar-refractivity contribution is -0.123. The fourth-order valence-electron chi connectivity index (χ4n) is 1.54. The lowest BCUT2D eigenvalue weighted by Gasteiger charge is -2.20. The van der Waals surface area contributed by atoms with Crippen molar-refractivity contribution in [2.45, 2.75) is 46.7 Å². The van der Waals surface area contributed by atoms with E-state index in [1.807, 2.05) is 23.9 Å². The SMILES string of the molecule is C[C@@H](Cn1cccn1)NC(=O)CC(C)(C)C. The topological polar surface area (TPSA) is 46.9 Å². The van der Waals surface area contributed by atoms with Crippen molar-refractivity contribution in [2.75, 3.05) is 0 Å². The van der Waals surface area contributed by atoms with E-state index in [9.17, 15) is 4.79 Å². The molecule has 1 aromatic heterocycles. The molecular weight excluding hydrogens is 202 g/mol. The third-order valence-electron chi connectivity index (χ3n) is 2.12. The van der Waals surface area contributed by atoms with Crippen molar-refractivity contribution < 1.29 is 4.79 Å². The summed E-state index contributed by atoms with van der Waals surface area (Å²) < 4.78 is 1.82. The van der Waals surface area contributed by atoms with Crippen LogP contribution in [0.5, 0.6) is 0 Å². The van der Waals surface area contributed by atoms with Crippen LogP contribution in [0.1, 0.15) is 34.1 Å². The number of carbonyl (C=O) groups is 1. The molecule has 90 valence electrons. The minimum Gasteiger partial charge on any atom is -0.352 e. The van der Waals surface area contributed by atoms with Gasteiger partial charge < -0.3 is 5.32 Å². The predicted octanol–water partition coefficient (Wildman–Crippen LogP) is 1.82. The van der Waals surface area contributed by atoms with Crippen LogP contribution < -0.4 is 5.32 Å². The Hall–Kier alpha value is -1.32. The number of aromatic nitrogens is 2. The Labute approximate surface area is 97.0 Å². The monoisotopic (exact) mass is 223 g/mol. The standard InChI is InChI=1S/C12H21N3O/c1-10(9-15-7-5-6-13-15)14-11(16)8-12(2,3)4/h5-7,10H,8-9H2,1-4H3,(H,14,16)/t10-/m0/s1. The molecule has 1 amide bonds. The molecule has 0 saturated heterocycles.